The average Bonchev–Trinajstić information content (AvgIpc) is 2.91. The van der Waals surface area contributed by atoms with Crippen LogP contribution in [0.1, 0.15) is 42.6 Å². The first-order chi connectivity index (χ1) is 10.2. The highest BCUT2D eigenvalue weighted by Gasteiger charge is 2.11. The fourth-order valence-corrected chi connectivity index (χ4v) is 2.63. The van der Waals surface area contributed by atoms with Gasteiger partial charge >= 0.3 is 0 Å². The molecule has 110 valence electrons. The smallest absolute Gasteiger partial charge is 0.271 e. The molecule has 1 aliphatic carbocycles. The molecule has 1 N–H and O–H groups in total. The topological polar surface area (TPSA) is 46.4 Å². The highest BCUT2D eigenvalue weighted by atomic mass is 19.1. The number of halogens is 1. The second-order valence-corrected chi connectivity index (χ2v) is 5.35. The minimum atomic E-state index is -0.351. The Hall–Kier alpha value is -2.17. The molecule has 2 heterocycles. The Morgan fingerprint density at radius 1 is 1.33 bits per heavy atom. The summed E-state index contributed by atoms with van der Waals surface area (Å²) >= 11 is 0. The van der Waals surface area contributed by atoms with Crippen molar-refractivity contribution in [1.29, 1.82) is 0 Å². The summed E-state index contributed by atoms with van der Waals surface area (Å²) in [6.45, 7) is 0.618. The first-order valence-electron chi connectivity index (χ1n) is 7.33. The van der Waals surface area contributed by atoms with Crippen molar-refractivity contribution in [3.05, 3.63) is 47.7 Å². The van der Waals surface area contributed by atoms with E-state index in [2.05, 4.69) is 16.4 Å². The molecule has 3 rings (SSSR count). The van der Waals surface area contributed by atoms with E-state index in [4.69, 9.17) is 0 Å². The van der Waals surface area contributed by atoms with Gasteiger partial charge in [0.1, 0.15) is 17.2 Å². The number of carbonyl (C=O) groups excluding carboxylic acids is 1. The normalized spacial score (nSPS) is 15.0. The monoisotopic (exact) mass is 287 g/mol. The number of aromatic nitrogens is 2. The minimum Gasteiger partial charge on any atom is -0.350 e. The lowest BCUT2D eigenvalue weighted by Gasteiger charge is -2.12. The maximum Gasteiger partial charge on any atom is 0.271 e. The lowest BCUT2D eigenvalue weighted by Crippen LogP contribution is -2.25. The van der Waals surface area contributed by atoms with Crippen LogP contribution in [0.25, 0.3) is 5.65 Å². The molecule has 0 aromatic carbocycles. The molecule has 0 aliphatic heterocycles. The molecule has 1 aliphatic rings. The second kappa shape index (κ2) is 6.08. The molecule has 0 unspecified atom stereocenters. The number of hydrogen-bond acceptors (Lipinski definition) is 2. The molecular weight excluding hydrogens is 269 g/mol. The predicted octanol–water partition coefficient (Wildman–Crippen LogP) is 3.09. The van der Waals surface area contributed by atoms with Crippen LogP contribution in [0.5, 0.6) is 0 Å². The van der Waals surface area contributed by atoms with E-state index < -0.39 is 0 Å². The van der Waals surface area contributed by atoms with Gasteiger partial charge in [0, 0.05) is 18.9 Å². The fraction of sp³-hybridized carbons (Fsp3) is 0.375. The number of fused-ring (bicyclic) bond motifs is 1. The van der Waals surface area contributed by atoms with E-state index in [-0.39, 0.29) is 11.7 Å². The molecule has 0 saturated carbocycles. The maximum atomic E-state index is 13.1. The zero-order valence-electron chi connectivity index (χ0n) is 11.8. The third-order valence-corrected chi connectivity index (χ3v) is 3.76. The number of amides is 1. The molecule has 0 radical (unpaired) electrons. The van der Waals surface area contributed by atoms with Crippen LogP contribution in [0.3, 0.4) is 0 Å². The second-order valence-electron chi connectivity index (χ2n) is 5.35. The summed E-state index contributed by atoms with van der Waals surface area (Å²) in [7, 11) is 0. The third kappa shape index (κ3) is 3.29. The Kier molecular flexibility index (Phi) is 3.99. The third-order valence-electron chi connectivity index (χ3n) is 3.76. The van der Waals surface area contributed by atoms with Gasteiger partial charge in [0.25, 0.3) is 5.91 Å². The molecule has 1 amide bonds. The molecule has 2 aromatic heterocycles. The Morgan fingerprint density at radius 2 is 2.24 bits per heavy atom. The van der Waals surface area contributed by atoms with Gasteiger partial charge in [-0.1, -0.05) is 11.6 Å². The Morgan fingerprint density at radius 3 is 3.05 bits per heavy atom. The van der Waals surface area contributed by atoms with Crippen molar-refractivity contribution in [2.75, 3.05) is 6.54 Å². The summed E-state index contributed by atoms with van der Waals surface area (Å²) in [5, 5.41) is 2.87. The highest BCUT2D eigenvalue weighted by molar-refractivity contribution is 5.92. The Balaban J connectivity index is 1.60. The summed E-state index contributed by atoms with van der Waals surface area (Å²) < 4.78 is 14.6. The molecule has 0 atom stereocenters. The van der Waals surface area contributed by atoms with Gasteiger partial charge in [-0.05, 0) is 44.2 Å². The molecule has 0 saturated heterocycles. The Labute approximate surface area is 122 Å². The summed E-state index contributed by atoms with van der Waals surface area (Å²) in [6.07, 6.45) is 10.9. The van der Waals surface area contributed by atoms with Gasteiger partial charge in [0.2, 0.25) is 0 Å². The summed E-state index contributed by atoms with van der Waals surface area (Å²) in [5.74, 6) is -0.563. The number of pyridine rings is 1. The van der Waals surface area contributed by atoms with E-state index in [1.807, 2.05) is 0 Å². The van der Waals surface area contributed by atoms with Gasteiger partial charge in [0.15, 0.2) is 0 Å². The van der Waals surface area contributed by atoms with Crippen molar-refractivity contribution in [2.24, 2.45) is 0 Å². The van der Waals surface area contributed by atoms with Crippen LogP contribution in [0.15, 0.2) is 36.2 Å². The van der Waals surface area contributed by atoms with Crippen LogP contribution < -0.4 is 5.32 Å². The molecule has 21 heavy (non-hydrogen) atoms. The standard InChI is InChI=1S/C16H18FN3O/c17-13-6-7-15-19-14(11-20(15)10-13)16(21)18-9-8-12-4-2-1-3-5-12/h4,6-7,10-11H,1-3,5,8-9H2,(H,18,21). The van der Waals surface area contributed by atoms with Gasteiger partial charge in [-0.25, -0.2) is 9.37 Å². The van der Waals surface area contributed by atoms with E-state index in [1.165, 1.54) is 35.1 Å². The quantitative estimate of drug-likeness (QED) is 0.878. The zero-order valence-corrected chi connectivity index (χ0v) is 11.8. The lowest BCUT2D eigenvalue weighted by atomic mass is 9.97. The summed E-state index contributed by atoms with van der Waals surface area (Å²) in [6, 6.07) is 2.89. The summed E-state index contributed by atoms with van der Waals surface area (Å²) in [4.78, 5) is 16.2. The van der Waals surface area contributed by atoms with Crippen molar-refractivity contribution in [2.45, 2.75) is 32.1 Å². The number of nitrogens with zero attached hydrogens (tertiary/aromatic N) is 2. The van der Waals surface area contributed by atoms with Gasteiger partial charge in [-0.15, -0.1) is 0 Å². The van der Waals surface area contributed by atoms with Gasteiger partial charge in [0.05, 0.1) is 0 Å². The lowest BCUT2D eigenvalue weighted by molar-refractivity contribution is 0.0949. The molecular formula is C16H18FN3O. The van der Waals surface area contributed by atoms with Crippen LogP contribution in [-0.4, -0.2) is 21.8 Å². The molecule has 5 heteroatoms. The molecule has 0 fully saturated rings. The first-order valence-corrected chi connectivity index (χ1v) is 7.33. The SMILES string of the molecule is O=C(NCCC1=CCCCC1)c1cn2cc(F)ccc2n1. The van der Waals surface area contributed by atoms with Gasteiger partial charge in [-0.3, -0.25) is 4.79 Å². The number of imidazole rings is 1. The van der Waals surface area contributed by atoms with Crippen molar-refractivity contribution < 1.29 is 9.18 Å². The van der Waals surface area contributed by atoms with E-state index in [1.54, 1.807) is 12.3 Å². The van der Waals surface area contributed by atoms with E-state index in [9.17, 15) is 9.18 Å². The van der Waals surface area contributed by atoms with Crippen LogP contribution in [0, 0.1) is 5.82 Å². The molecule has 0 bridgehead atoms. The van der Waals surface area contributed by atoms with Crippen LogP contribution in [0.4, 0.5) is 4.39 Å². The molecule has 0 spiro atoms. The fourth-order valence-electron chi connectivity index (χ4n) is 2.63. The van der Waals surface area contributed by atoms with Crippen molar-refractivity contribution in [3.63, 3.8) is 0 Å². The average molecular weight is 287 g/mol. The van der Waals surface area contributed by atoms with E-state index in [0.29, 0.717) is 17.9 Å². The largest absolute Gasteiger partial charge is 0.350 e. The number of allylic oxidation sites excluding steroid dienone is 1. The van der Waals surface area contributed by atoms with Crippen LogP contribution in [-0.2, 0) is 0 Å². The highest BCUT2D eigenvalue weighted by Crippen LogP contribution is 2.19. The number of hydrogen-bond donors (Lipinski definition) is 1. The van der Waals surface area contributed by atoms with Crippen LogP contribution in [0.2, 0.25) is 0 Å². The van der Waals surface area contributed by atoms with Gasteiger partial charge in [-0.2, -0.15) is 0 Å². The van der Waals surface area contributed by atoms with Gasteiger partial charge < -0.3 is 9.72 Å². The van der Waals surface area contributed by atoms with Crippen molar-refractivity contribution >= 4 is 11.6 Å². The van der Waals surface area contributed by atoms with Crippen molar-refractivity contribution in [1.82, 2.24) is 14.7 Å². The Bertz CT molecular complexity index is 690. The van der Waals surface area contributed by atoms with Crippen LogP contribution >= 0.6 is 0 Å². The van der Waals surface area contributed by atoms with E-state index >= 15 is 0 Å². The van der Waals surface area contributed by atoms with E-state index in [0.717, 1.165) is 19.3 Å². The predicted molar refractivity (Wildman–Crippen MR) is 78.7 cm³/mol. The summed E-state index contributed by atoms with van der Waals surface area (Å²) in [5.41, 5.74) is 2.31. The zero-order chi connectivity index (χ0) is 14.7. The first kappa shape index (κ1) is 13.8. The number of nitrogens with one attached hydrogen (secondary N) is 1. The van der Waals surface area contributed by atoms with Crippen molar-refractivity contribution in [3.8, 4) is 0 Å². The molecule has 2 aromatic rings. The maximum absolute atomic E-state index is 13.1. The molecule has 4 nitrogen and oxygen atoms in total. The number of rotatable bonds is 4. The minimum absolute atomic E-state index is 0.212. The number of carbonyl (C=O) groups is 1.